The predicted molar refractivity (Wildman–Crippen MR) is 87.2 cm³/mol. The number of benzene rings is 2. The molecule has 1 aliphatic heterocycles. The van der Waals surface area contributed by atoms with Crippen molar-refractivity contribution in [1.29, 1.82) is 0 Å². The van der Waals surface area contributed by atoms with Crippen LogP contribution in [-0.2, 0) is 6.42 Å². The van der Waals surface area contributed by atoms with Crippen LogP contribution < -0.4 is 5.32 Å². The monoisotopic (exact) mass is 267 g/mol. The van der Waals surface area contributed by atoms with Crippen molar-refractivity contribution in [3.05, 3.63) is 47.5 Å². The average Bonchev–Trinajstić information content (AvgIpc) is 2.49. The minimum Gasteiger partial charge on any atom is -0.317 e. The Labute approximate surface area is 122 Å². The first-order valence-electron chi connectivity index (χ1n) is 8.02. The summed E-state index contributed by atoms with van der Waals surface area (Å²) >= 11 is 0. The second kappa shape index (κ2) is 6.41. The van der Waals surface area contributed by atoms with Gasteiger partial charge >= 0.3 is 0 Å². The molecule has 2 aromatic carbocycles. The molecule has 0 saturated carbocycles. The van der Waals surface area contributed by atoms with E-state index in [1.165, 1.54) is 67.1 Å². The maximum atomic E-state index is 3.45. The van der Waals surface area contributed by atoms with Crippen LogP contribution in [0.25, 0.3) is 10.8 Å². The van der Waals surface area contributed by atoms with E-state index in [2.05, 4.69) is 48.6 Å². The molecule has 1 N–H and O–H groups in total. The summed E-state index contributed by atoms with van der Waals surface area (Å²) in [5.74, 6) is 0.952. The van der Waals surface area contributed by atoms with Gasteiger partial charge in [0, 0.05) is 0 Å². The van der Waals surface area contributed by atoms with Gasteiger partial charge in [0.2, 0.25) is 0 Å². The summed E-state index contributed by atoms with van der Waals surface area (Å²) in [7, 11) is 0. The molecule has 0 aromatic heterocycles. The van der Waals surface area contributed by atoms with Crippen molar-refractivity contribution in [2.24, 2.45) is 5.92 Å². The zero-order chi connectivity index (χ0) is 13.8. The quantitative estimate of drug-likeness (QED) is 0.861. The SMILES string of the molecule is Cc1ccc2cccc(CCCC3CCNCC3)c2c1. The molecule has 1 nitrogen and oxygen atoms in total. The van der Waals surface area contributed by atoms with Gasteiger partial charge in [0.05, 0.1) is 0 Å². The van der Waals surface area contributed by atoms with E-state index in [9.17, 15) is 0 Å². The highest BCUT2D eigenvalue weighted by atomic mass is 14.9. The zero-order valence-corrected chi connectivity index (χ0v) is 12.5. The van der Waals surface area contributed by atoms with Crippen LogP contribution in [0.15, 0.2) is 36.4 Å². The van der Waals surface area contributed by atoms with Gasteiger partial charge in [0.1, 0.15) is 0 Å². The largest absolute Gasteiger partial charge is 0.317 e. The molecule has 106 valence electrons. The van der Waals surface area contributed by atoms with E-state index in [0.717, 1.165) is 5.92 Å². The van der Waals surface area contributed by atoms with Crippen molar-refractivity contribution < 1.29 is 0 Å². The summed E-state index contributed by atoms with van der Waals surface area (Å²) in [5.41, 5.74) is 2.89. The molecular weight excluding hydrogens is 242 g/mol. The molecule has 2 aromatic rings. The van der Waals surface area contributed by atoms with Crippen LogP contribution in [-0.4, -0.2) is 13.1 Å². The maximum Gasteiger partial charge on any atom is -0.00463 e. The number of nitrogens with one attached hydrogen (secondary N) is 1. The predicted octanol–water partition coefficient (Wildman–Crippen LogP) is 4.47. The van der Waals surface area contributed by atoms with Gasteiger partial charge in [-0.15, -0.1) is 0 Å². The van der Waals surface area contributed by atoms with Crippen molar-refractivity contribution in [3.8, 4) is 0 Å². The van der Waals surface area contributed by atoms with Gasteiger partial charge in [0.25, 0.3) is 0 Å². The fourth-order valence-electron chi connectivity index (χ4n) is 3.42. The Kier molecular flexibility index (Phi) is 4.37. The lowest BCUT2D eigenvalue weighted by atomic mass is 9.90. The summed E-state index contributed by atoms with van der Waals surface area (Å²) in [6.07, 6.45) is 6.69. The summed E-state index contributed by atoms with van der Waals surface area (Å²) in [6, 6.07) is 13.5. The molecule has 1 heteroatoms. The Morgan fingerprint density at radius 1 is 1.10 bits per heavy atom. The highest BCUT2D eigenvalue weighted by Gasteiger charge is 2.12. The molecule has 1 heterocycles. The summed E-state index contributed by atoms with van der Waals surface area (Å²) in [6.45, 7) is 4.63. The number of fused-ring (bicyclic) bond motifs is 1. The van der Waals surface area contributed by atoms with Gasteiger partial charge in [-0.05, 0) is 68.0 Å². The lowest BCUT2D eigenvalue weighted by Gasteiger charge is -2.22. The molecule has 1 aliphatic rings. The van der Waals surface area contributed by atoms with Crippen LogP contribution in [0, 0.1) is 12.8 Å². The first-order valence-corrected chi connectivity index (χ1v) is 8.02. The van der Waals surface area contributed by atoms with Crippen molar-refractivity contribution in [2.45, 2.75) is 39.0 Å². The zero-order valence-electron chi connectivity index (χ0n) is 12.5. The van der Waals surface area contributed by atoms with Crippen LogP contribution in [0.1, 0.15) is 36.8 Å². The van der Waals surface area contributed by atoms with Crippen molar-refractivity contribution >= 4 is 10.8 Å². The van der Waals surface area contributed by atoms with Gasteiger partial charge in [-0.1, -0.05) is 48.4 Å². The van der Waals surface area contributed by atoms with E-state index in [-0.39, 0.29) is 0 Å². The Bertz CT molecular complexity index is 567. The van der Waals surface area contributed by atoms with E-state index in [1.807, 2.05) is 0 Å². The Morgan fingerprint density at radius 3 is 2.80 bits per heavy atom. The Morgan fingerprint density at radius 2 is 1.95 bits per heavy atom. The second-order valence-electron chi connectivity index (χ2n) is 6.23. The minimum atomic E-state index is 0.952. The minimum absolute atomic E-state index is 0.952. The average molecular weight is 267 g/mol. The number of rotatable bonds is 4. The number of hydrogen-bond acceptors (Lipinski definition) is 1. The Hall–Kier alpha value is -1.34. The van der Waals surface area contributed by atoms with Crippen LogP contribution in [0.4, 0.5) is 0 Å². The van der Waals surface area contributed by atoms with E-state index in [1.54, 1.807) is 0 Å². The third-order valence-electron chi connectivity index (χ3n) is 4.65. The molecule has 3 rings (SSSR count). The second-order valence-corrected chi connectivity index (χ2v) is 6.23. The first kappa shape index (κ1) is 13.6. The molecule has 0 aliphatic carbocycles. The number of aryl methyl sites for hydroxylation is 2. The van der Waals surface area contributed by atoms with Crippen molar-refractivity contribution in [1.82, 2.24) is 5.32 Å². The van der Waals surface area contributed by atoms with Crippen LogP contribution >= 0.6 is 0 Å². The van der Waals surface area contributed by atoms with E-state index < -0.39 is 0 Å². The van der Waals surface area contributed by atoms with Crippen LogP contribution in [0.3, 0.4) is 0 Å². The lowest BCUT2D eigenvalue weighted by Crippen LogP contribution is -2.27. The fourth-order valence-corrected chi connectivity index (χ4v) is 3.42. The normalized spacial score (nSPS) is 16.6. The number of hydrogen-bond donors (Lipinski definition) is 1. The standard InChI is InChI=1S/C19H25N/c1-15-8-9-18-7-3-6-17(19(18)14-15)5-2-4-16-10-12-20-13-11-16/h3,6-9,14,16,20H,2,4-5,10-13H2,1H3. The maximum absolute atomic E-state index is 3.45. The van der Waals surface area contributed by atoms with E-state index in [4.69, 9.17) is 0 Å². The Balaban J connectivity index is 1.66. The molecule has 0 bridgehead atoms. The summed E-state index contributed by atoms with van der Waals surface area (Å²) in [5, 5.41) is 6.29. The molecule has 0 atom stereocenters. The third kappa shape index (κ3) is 3.21. The summed E-state index contributed by atoms with van der Waals surface area (Å²) in [4.78, 5) is 0. The van der Waals surface area contributed by atoms with Crippen LogP contribution in [0.2, 0.25) is 0 Å². The topological polar surface area (TPSA) is 12.0 Å². The van der Waals surface area contributed by atoms with Crippen molar-refractivity contribution in [3.63, 3.8) is 0 Å². The van der Waals surface area contributed by atoms with Gasteiger partial charge < -0.3 is 5.32 Å². The highest BCUT2D eigenvalue weighted by molar-refractivity contribution is 5.86. The molecule has 1 fully saturated rings. The smallest absolute Gasteiger partial charge is 0.00463 e. The molecular formula is C19H25N. The molecule has 0 amide bonds. The highest BCUT2D eigenvalue weighted by Crippen LogP contribution is 2.24. The molecule has 20 heavy (non-hydrogen) atoms. The lowest BCUT2D eigenvalue weighted by molar-refractivity contribution is 0.347. The van der Waals surface area contributed by atoms with Gasteiger partial charge in [-0.3, -0.25) is 0 Å². The van der Waals surface area contributed by atoms with E-state index >= 15 is 0 Å². The van der Waals surface area contributed by atoms with Gasteiger partial charge in [0.15, 0.2) is 0 Å². The fraction of sp³-hybridized carbons (Fsp3) is 0.474. The molecule has 0 unspecified atom stereocenters. The van der Waals surface area contributed by atoms with Gasteiger partial charge in [-0.25, -0.2) is 0 Å². The molecule has 0 spiro atoms. The molecule has 0 radical (unpaired) electrons. The number of piperidine rings is 1. The van der Waals surface area contributed by atoms with E-state index in [0.29, 0.717) is 0 Å². The summed E-state index contributed by atoms with van der Waals surface area (Å²) < 4.78 is 0. The first-order chi connectivity index (χ1) is 9.83. The van der Waals surface area contributed by atoms with Crippen LogP contribution in [0.5, 0.6) is 0 Å². The van der Waals surface area contributed by atoms with Gasteiger partial charge in [-0.2, -0.15) is 0 Å². The molecule has 1 saturated heterocycles. The van der Waals surface area contributed by atoms with Crippen molar-refractivity contribution in [2.75, 3.05) is 13.1 Å². The third-order valence-corrected chi connectivity index (χ3v) is 4.65.